The third kappa shape index (κ3) is 5.11. The number of nitrogen functional groups attached to an aromatic ring is 1. The summed E-state index contributed by atoms with van der Waals surface area (Å²) in [5.74, 6) is 8.10. The molecule has 2 aromatic heterocycles. The smallest absolute Gasteiger partial charge is 0.164 e. The minimum atomic E-state index is 0.214. The summed E-state index contributed by atoms with van der Waals surface area (Å²) in [4.78, 5) is 11.2. The van der Waals surface area contributed by atoms with Gasteiger partial charge in [0.2, 0.25) is 0 Å². The highest BCUT2D eigenvalue weighted by molar-refractivity contribution is 5.90. The lowest BCUT2D eigenvalue weighted by molar-refractivity contribution is 0.316. The Morgan fingerprint density at radius 3 is 2.56 bits per heavy atom. The Labute approximate surface area is 211 Å². The van der Waals surface area contributed by atoms with Crippen molar-refractivity contribution in [1.82, 2.24) is 24.6 Å². The number of nitrogens with zero attached hydrogens (tertiary/aromatic N) is 5. The summed E-state index contributed by atoms with van der Waals surface area (Å²) in [6, 6.07) is 16.4. The number of hydrogen-bond acceptors (Lipinski definition) is 7. The molecule has 1 atom stereocenters. The number of methoxy groups -OCH3 is 2. The van der Waals surface area contributed by atoms with Crippen LogP contribution >= 0.6 is 0 Å². The maximum Gasteiger partial charge on any atom is 0.164 e. The van der Waals surface area contributed by atoms with E-state index < -0.39 is 0 Å². The van der Waals surface area contributed by atoms with Crippen LogP contribution in [0.25, 0.3) is 11.0 Å². The van der Waals surface area contributed by atoms with Gasteiger partial charge in [-0.2, -0.15) is 5.10 Å². The lowest BCUT2D eigenvalue weighted by Crippen LogP contribution is -2.23. The first kappa shape index (κ1) is 23.6. The maximum absolute atomic E-state index is 6.25. The molecule has 8 nitrogen and oxygen atoms in total. The molecule has 8 heteroatoms. The Balaban J connectivity index is 1.36. The fourth-order valence-electron chi connectivity index (χ4n) is 4.71. The molecule has 2 N–H and O–H groups in total. The molecule has 0 amide bonds. The molecular formula is C28H30N6O2. The largest absolute Gasteiger partial charge is 0.497 e. The summed E-state index contributed by atoms with van der Waals surface area (Å²) < 4.78 is 12.7. The first-order valence-corrected chi connectivity index (χ1v) is 12.1. The van der Waals surface area contributed by atoms with E-state index in [0.717, 1.165) is 50.1 Å². The number of benzene rings is 2. The highest BCUT2D eigenvalue weighted by Gasteiger charge is 2.27. The van der Waals surface area contributed by atoms with E-state index in [1.807, 2.05) is 22.9 Å². The van der Waals surface area contributed by atoms with Gasteiger partial charge in [-0.05, 0) is 49.4 Å². The molecule has 0 spiro atoms. The molecule has 2 aromatic carbocycles. The Morgan fingerprint density at radius 1 is 1.03 bits per heavy atom. The number of aromatic nitrogens is 4. The molecule has 0 unspecified atom stereocenters. The van der Waals surface area contributed by atoms with Gasteiger partial charge in [-0.15, -0.1) is 0 Å². The van der Waals surface area contributed by atoms with Crippen LogP contribution in [0.5, 0.6) is 11.5 Å². The normalized spacial score (nSPS) is 15.6. The summed E-state index contributed by atoms with van der Waals surface area (Å²) in [7, 11) is 3.23. The van der Waals surface area contributed by atoms with Crippen LogP contribution in [0.15, 0.2) is 54.9 Å². The predicted molar refractivity (Wildman–Crippen MR) is 140 cm³/mol. The third-order valence-electron chi connectivity index (χ3n) is 6.57. The molecule has 0 saturated carbocycles. The average Bonchev–Trinajstić information content (AvgIpc) is 3.53. The number of aryl methyl sites for hydroxylation is 1. The van der Waals surface area contributed by atoms with Crippen LogP contribution in [-0.4, -0.2) is 58.5 Å². The molecule has 4 aromatic rings. The molecule has 0 aliphatic carbocycles. The average molecular weight is 483 g/mol. The van der Waals surface area contributed by atoms with Gasteiger partial charge >= 0.3 is 0 Å². The monoisotopic (exact) mass is 482 g/mol. The van der Waals surface area contributed by atoms with Crippen LogP contribution < -0.4 is 15.2 Å². The standard InChI is InChI=1S/C28H30N6O2/c1-35-23-15-21(16-24(17-23)36-2)10-11-25-26-27(29)30-19-31-28(26)34(32-25)22-12-14-33(18-22)13-6-9-20-7-4-3-5-8-20/h3-5,7-8,15-17,19,22H,6,9,12-14,18H2,1-2H3,(H2,29,30,31)/t22-/m0/s1. The van der Waals surface area contributed by atoms with Crippen LogP contribution in [0.3, 0.4) is 0 Å². The van der Waals surface area contributed by atoms with E-state index in [0.29, 0.717) is 28.4 Å². The van der Waals surface area contributed by atoms with Gasteiger partial charge in [-0.3, -0.25) is 0 Å². The second-order valence-electron chi connectivity index (χ2n) is 8.93. The van der Waals surface area contributed by atoms with Crippen molar-refractivity contribution in [1.29, 1.82) is 0 Å². The number of fused-ring (bicyclic) bond motifs is 1. The summed E-state index contributed by atoms with van der Waals surface area (Å²) in [6.07, 6.45) is 4.72. The Hall–Kier alpha value is -4.09. The lowest BCUT2D eigenvalue weighted by atomic mass is 10.1. The van der Waals surface area contributed by atoms with Gasteiger partial charge in [-0.1, -0.05) is 36.3 Å². The van der Waals surface area contributed by atoms with Crippen LogP contribution in [0.4, 0.5) is 5.82 Å². The third-order valence-corrected chi connectivity index (χ3v) is 6.57. The zero-order chi connectivity index (χ0) is 24.9. The van der Waals surface area contributed by atoms with E-state index in [2.05, 4.69) is 57.0 Å². The summed E-state index contributed by atoms with van der Waals surface area (Å²) >= 11 is 0. The van der Waals surface area contributed by atoms with Gasteiger partial charge < -0.3 is 20.1 Å². The van der Waals surface area contributed by atoms with Crippen LogP contribution in [0.1, 0.15) is 35.7 Å². The number of ether oxygens (including phenoxy) is 2. The van der Waals surface area contributed by atoms with E-state index in [4.69, 9.17) is 20.3 Å². The van der Waals surface area contributed by atoms with Crippen molar-refractivity contribution in [3.63, 3.8) is 0 Å². The number of rotatable bonds is 7. The highest BCUT2D eigenvalue weighted by Crippen LogP contribution is 2.29. The molecule has 1 aliphatic rings. The Kier molecular flexibility index (Phi) is 7.01. The summed E-state index contributed by atoms with van der Waals surface area (Å²) in [5, 5.41) is 5.56. The minimum Gasteiger partial charge on any atom is -0.497 e. The van der Waals surface area contributed by atoms with Crippen LogP contribution in [0.2, 0.25) is 0 Å². The van der Waals surface area contributed by atoms with Crippen LogP contribution in [-0.2, 0) is 6.42 Å². The van der Waals surface area contributed by atoms with Gasteiger partial charge in [0, 0.05) is 24.7 Å². The quantitative estimate of drug-likeness (QED) is 0.402. The van der Waals surface area contributed by atoms with Gasteiger partial charge in [-0.25, -0.2) is 14.6 Å². The maximum atomic E-state index is 6.25. The molecule has 1 fully saturated rings. The molecule has 0 bridgehead atoms. The van der Waals surface area contributed by atoms with Crippen molar-refractivity contribution in [2.24, 2.45) is 0 Å². The van der Waals surface area contributed by atoms with Crippen molar-refractivity contribution >= 4 is 16.9 Å². The van der Waals surface area contributed by atoms with E-state index in [9.17, 15) is 0 Å². The molecule has 184 valence electrons. The van der Waals surface area contributed by atoms with E-state index in [1.165, 1.54) is 11.9 Å². The second kappa shape index (κ2) is 10.7. The molecule has 36 heavy (non-hydrogen) atoms. The van der Waals surface area contributed by atoms with Crippen LogP contribution in [0, 0.1) is 11.8 Å². The van der Waals surface area contributed by atoms with E-state index in [1.54, 1.807) is 14.2 Å². The molecule has 0 radical (unpaired) electrons. The molecule has 5 rings (SSSR count). The van der Waals surface area contributed by atoms with E-state index >= 15 is 0 Å². The highest BCUT2D eigenvalue weighted by atomic mass is 16.5. The number of likely N-dealkylation sites (tertiary alicyclic amines) is 1. The Morgan fingerprint density at radius 2 is 1.81 bits per heavy atom. The van der Waals surface area contributed by atoms with Crippen molar-refractivity contribution in [3.05, 3.63) is 71.7 Å². The molecular weight excluding hydrogens is 452 g/mol. The fraction of sp³-hybridized carbons (Fsp3) is 0.321. The van der Waals surface area contributed by atoms with Gasteiger partial charge in [0.25, 0.3) is 0 Å². The van der Waals surface area contributed by atoms with Crippen molar-refractivity contribution in [2.75, 3.05) is 39.6 Å². The summed E-state index contributed by atoms with van der Waals surface area (Å²) in [5.41, 5.74) is 9.70. The van der Waals surface area contributed by atoms with Gasteiger partial charge in [0.15, 0.2) is 5.65 Å². The van der Waals surface area contributed by atoms with Crippen molar-refractivity contribution in [3.8, 4) is 23.3 Å². The zero-order valence-corrected chi connectivity index (χ0v) is 20.6. The van der Waals surface area contributed by atoms with Crippen molar-refractivity contribution in [2.45, 2.75) is 25.3 Å². The van der Waals surface area contributed by atoms with Crippen molar-refractivity contribution < 1.29 is 9.47 Å². The van der Waals surface area contributed by atoms with Gasteiger partial charge in [0.1, 0.15) is 29.3 Å². The number of hydrogen-bond donors (Lipinski definition) is 1. The predicted octanol–water partition coefficient (Wildman–Crippen LogP) is 3.71. The van der Waals surface area contributed by atoms with Gasteiger partial charge in [0.05, 0.1) is 25.6 Å². The molecule has 1 saturated heterocycles. The number of anilines is 1. The Bertz CT molecular complexity index is 1380. The number of nitrogens with two attached hydrogens (primary N) is 1. The fourth-order valence-corrected chi connectivity index (χ4v) is 4.71. The minimum absolute atomic E-state index is 0.214. The lowest BCUT2D eigenvalue weighted by Gasteiger charge is -2.16. The second-order valence-corrected chi connectivity index (χ2v) is 8.93. The van der Waals surface area contributed by atoms with E-state index in [-0.39, 0.29) is 6.04 Å². The first-order chi connectivity index (χ1) is 17.6. The topological polar surface area (TPSA) is 91.3 Å². The zero-order valence-electron chi connectivity index (χ0n) is 20.6. The molecule has 3 heterocycles. The molecule has 1 aliphatic heterocycles. The first-order valence-electron chi connectivity index (χ1n) is 12.1. The summed E-state index contributed by atoms with van der Waals surface area (Å²) in [6.45, 7) is 3.02. The SMILES string of the molecule is COc1cc(C#Cc2nn([C@H]3CCN(CCCc4ccccc4)C3)c3ncnc(N)c23)cc(OC)c1.